The van der Waals surface area contributed by atoms with Crippen LogP contribution in [0.15, 0.2) is 18.3 Å². The number of nitrogens with zero attached hydrogens (tertiary/aromatic N) is 2. The molecule has 1 amide bonds. The number of pyridine rings is 1. The average molecular weight is 304 g/mol. The summed E-state index contributed by atoms with van der Waals surface area (Å²) in [5.41, 5.74) is 1.11. The number of likely N-dealkylation sites (tertiary alicyclic amines) is 1. The molecule has 3 rings (SSSR count). The summed E-state index contributed by atoms with van der Waals surface area (Å²) < 4.78 is 5.89. The minimum absolute atomic E-state index is 0.118. The van der Waals surface area contributed by atoms with Gasteiger partial charge in [-0.15, -0.1) is 0 Å². The molecule has 1 saturated heterocycles. The molecule has 5 heteroatoms. The third-order valence-corrected chi connectivity index (χ3v) is 4.72. The highest BCUT2D eigenvalue weighted by Crippen LogP contribution is 2.28. The van der Waals surface area contributed by atoms with Crippen molar-refractivity contribution in [2.75, 3.05) is 13.1 Å². The summed E-state index contributed by atoms with van der Waals surface area (Å²) in [4.78, 5) is 18.6. The van der Waals surface area contributed by atoms with Gasteiger partial charge in [-0.1, -0.05) is 6.07 Å². The Morgan fingerprint density at radius 1 is 1.27 bits per heavy atom. The number of rotatable bonds is 3. The first-order chi connectivity index (χ1) is 10.6. The van der Waals surface area contributed by atoms with Crippen molar-refractivity contribution in [2.45, 2.75) is 51.2 Å². The summed E-state index contributed by atoms with van der Waals surface area (Å²) in [6.07, 6.45) is 5.66. The van der Waals surface area contributed by atoms with E-state index in [0.717, 1.165) is 37.7 Å². The lowest BCUT2D eigenvalue weighted by molar-refractivity contribution is -0.140. The summed E-state index contributed by atoms with van der Waals surface area (Å²) in [5, 5.41) is 9.88. The van der Waals surface area contributed by atoms with Crippen LogP contribution in [0.1, 0.15) is 37.7 Å². The van der Waals surface area contributed by atoms with Crippen LogP contribution in [-0.2, 0) is 4.79 Å². The second-order valence-corrected chi connectivity index (χ2v) is 6.42. The summed E-state index contributed by atoms with van der Waals surface area (Å²) in [5.74, 6) is 0.592. The highest BCUT2D eigenvalue weighted by molar-refractivity contribution is 5.79. The van der Waals surface area contributed by atoms with Gasteiger partial charge >= 0.3 is 0 Å². The number of aryl methyl sites for hydroxylation is 1. The van der Waals surface area contributed by atoms with Crippen LogP contribution in [0.2, 0.25) is 0 Å². The Labute approximate surface area is 131 Å². The molecule has 2 unspecified atom stereocenters. The number of aliphatic hydroxyl groups excluding tert-OH is 1. The molecular formula is C17H24N2O3. The molecule has 0 bridgehead atoms. The van der Waals surface area contributed by atoms with E-state index in [1.807, 2.05) is 24.0 Å². The fraction of sp³-hybridized carbons (Fsp3) is 0.647. The predicted octanol–water partition coefficient (Wildman–Crippen LogP) is 1.92. The summed E-state index contributed by atoms with van der Waals surface area (Å²) in [6, 6.07) is 3.88. The van der Waals surface area contributed by atoms with Crippen molar-refractivity contribution in [2.24, 2.45) is 5.92 Å². The number of carbonyl (C=O) groups excluding carboxylic acids is 1. The fourth-order valence-electron chi connectivity index (χ4n) is 3.35. The molecule has 120 valence electrons. The second kappa shape index (κ2) is 6.65. The normalized spacial score (nSPS) is 26.2. The van der Waals surface area contributed by atoms with Crippen molar-refractivity contribution < 1.29 is 14.6 Å². The monoisotopic (exact) mass is 304 g/mol. The van der Waals surface area contributed by atoms with Gasteiger partial charge in [0.05, 0.1) is 12.0 Å². The fourth-order valence-corrected chi connectivity index (χ4v) is 3.35. The van der Waals surface area contributed by atoms with E-state index in [9.17, 15) is 9.90 Å². The first-order valence-corrected chi connectivity index (χ1v) is 8.19. The molecule has 5 nitrogen and oxygen atoms in total. The quantitative estimate of drug-likeness (QED) is 0.927. The summed E-state index contributed by atoms with van der Waals surface area (Å²) in [7, 11) is 0. The Morgan fingerprint density at radius 3 is 2.64 bits per heavy atom. The van der Waals surface area contributed by atoms with Crippen molar-refractivity contribution in [1.82, 2.24) is 9.88 Å². The molecule has 1 aromatic heterocycles. The Balaban J connectivity index is 1.49. The second-order valence-electron chi connectivity index (χ2n) is 6.42. The molecule has 1 aliphatic carbocycles. The number of carbonyl (C=O) groups is 1. The minimum atomic E-state index is -0.446. The zero-order valence-corrected chi connectivity index (χ0v) is 13.1. The third-order valence-electron chi connectivity index (χ3n) is 4.72. The number of aliphatic hydroxyl groups is 1. The largest absolute Gasteiger partial charge is 0.474 e. The zero-order valence-electron chi connectivity index (χ0n) is 13.1. The third kappa shape index (κ3) is 3.40. The maximum Gasteiger partial charge on any atom is 0.228 e. The van der Waals surface area contributed by atoms with Crippen molar-refractivity contribution >= 4 is 5.91 Å². The standard InChI is InChI=1S/C17H24N2O3/c1-12-5-6-16(18-11-12)22-13-7-9-19(10-8-13)17(21)14-3-2-4-15(14)20/h5-6,11,13-15,20H,2-4,7-10H2,1H3. The highest BCUT2D eigenvalue weighted by Gasteiger charge is 2.35. The predicted molar refractivity (Wildman–Crippen MR) is 82.6 cm³/mol. The van der Waals surface area contributed by atoms with E-state index in [1.165, 1.54) is 0 Å². The van der Waals surface area contributed by atoms with E-state index < -0.39 is 6.10 Å². The average Bonchev–Trinajstić information content (AvgIpc) is 2.96. The molecule has 2 heterocycles. The summed E-state index contributed by atoms with van der Waals surface area (Å²) in [6.45, 7) is 3.41. The van der Waals surface area contributed by atoms with E-state index in [4.69, 9.17) is 4.74 Å². The summed E-state index contributed by atoms with van der Waals surface area (Å²) >= 11 is 0. The molecule has 2 aliphatic rings. The minimum Gasteiger partial charge on any atom is -0.474 e. The first-order valence-electron chi connectivity index (χ1n) is 8.19. The maximum atomic E-state index is 12.4. The Bertz CT molecular complexity index is 509. The lowest BCUT2D eigenvalue weighted by atomic mass is 10.0. The zero-order chi connectivity index (χ0) is 15.5. The number of amides is 1. The van der Waals surface area contributed by atoms with Gasteiger partial charge in [-0.2, -0.15) is 0 Å². The van der Waals surface area contributed by atoms with E-state index in [1.54, 1.807) is 6.20 Å². The van der Waals surface area contributed by atoms with Gasteiger partial charge in [0.1, 0.15) is 6.10 Å². The van der Waals surface area contributed by atoms with E-state index in [-0.39, 0.29) is 17.9 Å². The SMILES string of the molecule is Cc1ccc(OC2CCN(C(=O)C3CCCC3O)CC2)nc1. The lowest BCUT2D eigenvalue weighted by Crippen LogP contribution is -2.45. The molecular weight excluding hydrogens is 280 g/mol. The number of ether oxygens (including phenoxy) is 1. The van der Waals surface area contributed by atoms with Gasteiger partial charge in [0.25, 0.3) is 0 Å². The van der Waals surface area contributed by atoms with Gasteiger partial charge in [0, 0.05) is 38.2 Å². The first kappa shape index (κ1) is 15.3. The molecule has 0 radical (unpaired) electrons. The van der Waals surface area contributed by atoms with Gasteiger partial charge in [-0.3, -0.25) is 4.79 Å². The Morgan fingerprint density at radius 2 is 2.05 bits per heavy atom. The van der Waals surface area contributed by atoms with E-state index >= 15 is 0 Å². The Kier molecular flexibility index (Phi) is 4.62. The van der Waals surface area contributed by atoms with Crippen molar-refractivity contribution in [3.05, 3.63) is 23.9 Å². The van der Waals surface area contributed by atoms with Crippen LogP contribution in [0.3, 0.4) is 0 Å². The van der Waals surface area contributed by atoms with Gasteiger partial charge in [0.15, 0.2) is 0 Å². The maximum absolute atomic E-state index is 12.4. The molecule has 1 aromatic rings. The van der Waals surface area contributed by atoms with Crippen LogP contribution >= 0.6 is 0 Å². The number of aromatic nitrogens is 1. The van der Waals surface area contributed by atoms with Crippen LogP contribution < -0.4 is 4.74 Å². The molecule has 1 aliphatic heterocycles. The van der Waals surface area contributed by atoms with E-state index in [2.05, 4.69) is 4.98 Å². The number of piperidine rings is 1. The van der Waals surface area contributed by atoms with Crippen molar-refractivity contribution in [3.63, 3.8) is 0 Å². The van der Waals surface area contributed by atoms with Crippen LogP contribution in [0.5, 0.6) is 5.88 Å². The Hall–Kier alpha value is -1.62. The molecule has 0 spiro atoms. The molecule has 1 saturated carbocycles. The molecule has 22 heavy (non-hydrogen) atoms. The number of hydrogen-bond donors (Lipinski definition) is 1. The van der Waals surface area contributed by atoms with Gasteiger partial charge < -0.3 is 14.7 Å². The smallest absolute Gasteiger partial charge is 0.228 e. The van der Waals surface area contributed by atoms with Crippen LogP contribution in [0.25, 0.3) is 0 Å². The molecule has 2 fully saturated rings. The number of hydrogen-bond acceptors (Lipinski definition) is 4. The van der Waals surface area contributed by atoms with Crippen molar-refractivity contribution in [1.29, 1.82) is 0 Å². The molecule has 1 N–H and O–H groups in total. The molecule has 0 aromatic carbocycles. The van der Waals surface area contributed by atoms with Gasteiger partial charge in [0.2, 0.25) is 11.8 Å². The van der Waals surface area contributed by atoms with Gasteiger partial charge in [-0.25, -0.2) is 4.98 Å². The van der Waals surface area contributed by atoms with Crippen molar-refractivity contribution in [3.8, 4) is 5.88 Å². The lowest BCUT2D eigenvalue weighted by Gasteiger charge is -2.34. The van der Waals surface area contributed by atoms with Crippen LogP contribution in [0, 0.1) is 12.8 Å². The van der Waals surface area contributed by atoms with Crippen LogP contribution in [0.4, 0.5) is 0 Å². The highest BCUT2D eigenvalue weighted by atomic mass is 16.5. The van der Waals surface area contributed by atoms with E-state index in [0.29, 0.717) is 19.0 Å². The van der Waals surface area contributed by atoms with Crippen LogP contribution in [-0.4, -0.2) is 46.2 Å². The topological polar surface area (TPSA) is 62.7 Å². The van der Waals surface area contributed by atoms with Gasteiger partial charge in [-0.05, 0) is 31.7 Å². The molecule has 2 atom stereocenters.